The molecule has 7 heteroatoms. The Morgan fingerprint density at radius 3 is 2.78 bits per heavy atom. The molecule has 6 nitrogen and oxygen atoms in total. The van der Waals surface area contributed by atoms with Crippen LogP contribution in [0.25, 0.3) is 22.7 Å². The van der Waals surface area contributed by atoms with E-state index in [2.05, 4.69) is 32.3 Å². The zero-order chi connectivity index (χ0) is 22.5. The number of fused-ring (bicyclic) bond motifs is 1. The van der Waals surface area contributed by atoms with Crippen LogP contribution in [-0.4, -0.2) is 17.5 Å². The fourth-order valence-electron chi connectivity index (χ4n) is 3.08. The van der Waals surface area contributed by atoms with Gasteiger partial charge in [-0.3, -0.25) is 4.79 Å². The number of nitrogens with one attached hydrogen (secondary N) is 1. The van der Waals surface area contributed by atoms with Gasteiger partial charge in [0.25, 0.3) is 5.91 Å². The van der Waals surface area contributed by atoms with Crippen molar-refractivity contribution in [3.05, 3.63) is 88.2 Å². The number of ether oxygens (including phenoxy) is 1. The number of anilines is 1. The summed E-state index contributed by atoms with van der Waals surface area (Å²) < 4.78 is 12.0. The number of oxazole rings is 1. The van der Waals surface area contributed by atoms with Crippen LogP contribution in [0.2, 0.25) is 0 Å². The van der Waals surface area contributed by atoms with Crippen LogP contribution in [0.4, 0.5) is 5.69 Å². The zero-order valence-corrected chi connectivity index (χ0v) is 18.7. The van der Waals surface area contributed by atoms with Crippen molar-refractivity contribution in [2.45, 2.75) is 6.92 Å². The van der Waals surface area contributed by atoms with Crippen molar-refractivity contribution in [3.8, 4) is 11.8 Å². The Balaban J connectivity index is 1.45. The summed E-state index contributed by atoms with van der Waals surface area (Å²) in [5.41, 5.74) is 4.16. The first-order valence-corrected chi connectivity index (χ1v) is 10.6. The molecule has 0 saturated heterocycles. The van der Waals surface area contributed by atoms with E-state index < -0.39 is 0 Å². The van der Waals surface area contributed by atoms with Crippen molar-refractivity contribution in [2.75, 3.05) is 11.9 Å². The number of nitrogens with zero attached hydrogens (tertiary/aromatic N) is 2. The first-order chi connectivity index (χ1) is 15.5. The predicted octanol–water partition coefficient (Wildman–Crippen LogP) is 5.98. The zero-order valence-electron chi connectivity index (χ0n) is 17.1. The maximum atomic E-state index is 12.2. The van der Waals surface area contributed by atoms with Crippen molar-refractivity contribution in [1.82, 2.24) is 4.98 Å². The second kappa shape index (κ2) is 9.50. The molecule has 0 unspecified atom stereocenters. The van der Waals surface area contributed by atoms with E-state index >= 15 is 0 Å². The monoisotopic (exact) mass is 487 g/mol. The lowest BCUT2D eigenvalue weighted by Gasteiger charge is -2.10. The fraction of sp³-hybridized carbons (Fsp3) is 0.0800. The molecule has 158 valence electrons. The third kappa shape index (κ3) is 5.05. The number of hydrogen-bond acceptors (Lipinski definition) is 5. The number of nitriles is 1. The van der Waals surface area contributed by atoms with Crippen LogP contribution >= 0.6 is 15.9 Å². The molecule has 4 rings (SSSR count). The maximum absolute atomic E-state index is 12.2. The van der Waals surface area contributed by atoms with E-state index in [0.717, 1.165) is 16.8 Å². The van der Waals surface area contributed by atoms with Gasteiger partial charge in [-0.2, -0.15) is 5.26 Å². The molecule has 3 aromatic carbocycles. The summed E-state index contributed by atoms with van der Waals surface area (Å²) in [7, 11) is 0. The number of aryl methyl sites for hydroxylation is 1. The van der Waals surface area contributed by atoms with Crippen LogP contribution in [0.5, 0.6) is 5.75 Å². The van der Waals surface area contributed by atoms with E-state index in [4.69, 9.17) is 9.15 Å². The van der Waals surface area contributed by atoms with Crippen molar-refractivity contribution < 1.29 is 13.9 Å². The lowest BCUT2D eigenvalue weighted by Crippen LogP contribution is -2.20. The number of hydrogen-bond donors (Lipinski definition) is 1. The maximum Gasteiger partial charge on any atom is 0.262 e. The molecular formula is C25H18BrN3O3. The predicted molar refractivity (Wildman–Crippen MR) is 127 cm³/mol. The molecule has 0 spiro atoms. The summed E-state index contributed by atoms with van der Waals surface area (Å²) in [6, 6.07) is 22.4. The van der Waals surface area contributed by atoms with E-state index in [1.165, 1.54) is 0 Å². The SMILES string of the molecule is Cc1cccc(NC(=O)COc2ccc(/C=C(\C#N)c3nc4ccccc4o3)cc2Br)c1. The van der Waals surface area contributed by atoms with Gasteiger partial charge in [-0.25, -0.2) is 4.98 Å². The number of carbonyl (C=O) groups excluding carboxylic acids is 1. The van der Waals surface area contributed by atoms with Crippen LogP contribution in [0.3, 0.4) is 0 Å². The highest BCUT2D eigenvalue weighted by Gasteiger charge is 2.12. The summed E-state index contributed by atoms with van der Waals surface area (Å²) in [6.07, 6.45) is 1.68. The highest BCUT2D eigenvalue weighted by Crippen LogP contribution is 2.28. The highest BCUT2D eigenvalue weighted by atomic mass is 79.9. The van der Waals surface area contributed by atoms with E-state index in [1.54, 1.807) is 30.3 Å². The Morgan fingerprint density at radius 1 is 1.19 bits per heavy atom. The van der Waals surface area contributed by atoms with E-state index in [-0.39, 0.29) is 18.4 Å². The molecule has 1 amide bonds. The molecule has 0 aliphatic heterocycles. The Morgan fingerprint density at radius 2 is 2.03 bits per heavy atom. The van der Waals surface area contributed by atoms with Crippen molar-refractivity contribution in [3.63, 3.8) is 0 Å². The Bertz CT molecular complexity index is 1340. The number of para-hydroxylation sites is 2. The molecular weight excluding hydrogens is 470 g/mol. The quantitative estimate of drug-likeness (QED) is 0.338. The lowest BCUT2D eigenvalue weighted by atomic mass is 10.1. The van der Waals surface area contributed by atoms with Gasteiger partial charge in [-0.15, -0.1) is 0 Å². The molecule has 0 aliphatic carbocycles. The first kappa shape index (κ1) is 21.3. The van der Waals surface area contributed by atoms with Gasteiger partial charge in [0.05, 0.1) is 4.47 Å². The average molecular weight is 488 g/mol. The topological polar surface area (TPSA) is 88.1 Å². The summed E-state index contributed by atoms with van der Waals surface area (Å²) in [4.78, 5) is 16.5. The molecule has 0 bridgehead atoms. The number of amides is 1. The average Bonchev–Trinajstić information content (AvgIpc) is 3.21. The van der Waals surface area contributed by atoms with Gasteiger partial charge in [0.2, 0.25) is 5.89 Å². The molecule has 1 aromatic heterocycles. The summed E-state index contributed by atoms with van der Waals surface area (Å²) in [5, 5.41) is 12.4. The van der Waals surface area contributed by atoms with Gasteiger partial charge in [0, 0.05) is 5.69 Å². The molecule has 1 N–H and O–H groups in total. The molecule has 1 heterocycles. The van der Waals surface area contributed by atoms with Crippen LogP contribution in [-0.2, 0) is 4.79 Å². The molecule has 0 radical (unpaired) electrons. The van der Waals surface area contributed by atoms with Gasteiger partial charge >= 0.3 is 0 Å². The minimum Gasteiger partial charge on any atom is -0.483 e. The number of benzene rings is 3. The Kier molecular flexibility index (Phi) is 6.34. The highest BCUT2D eigenvalue weighted by molar-refractivity contribution is 9.10. The van der Waals surface area contributed by atoms with Crippen molar-refractivity contribution in [2.24, 2.45) is 0 Å². The lowest BCUT2D eigenvalue weighted by molar-refractivity contribution is -0.118. The van der Waals surface area contributed by atoms with Crippen LogP contribution in [0.1, 0.15) is 17.0 Å². The number of aromatic nitrogens is 1. The second-order valence-corrected chi connectivity index (χ2v) is 7.91. The molecule has 0 aliphatic rings. The third-order valence-corrected chi connectivity index (χ3v) is 5.19. The minimum absolute atomic E-state index is 0.131. The smallest absolute Gasteiger partial charge is 0.262 e. The van der Waals surface area contributed by atoms with Crippen LogP contribution in [0, 0.1) is 18.3 Å². The van der Waals surface area contributed by atoms with Gasteiger partial charge < -0.3 is 14.5 Å². The van der Waals surface area contributed by atoms with Gasteiger partial charge in [-0.1, -0.05) is 30.3 Å². The number of carbonyl (C=O) groups is 1. The normalized spacial score (nSPS) is 11.2. The molecule has 4 aromatic rings. The Labute approximate surface area is 193 Å². The number of rotatable bonds is 6. The van der Waals surface area contributed by atoms with Gasteiger partial charge in [0.1, 0.15) is 22.9 Å². The van der Waals surface area contributed by atoms with Crippen LogP contribution in [0.15, 0.2) is 75.6 Å². The second-order valence-electron chi connectivity index (χ2n) is 7.05. The fourth-order valence-corrected chi connectivity index (χ4v) is 3.59. The molecule has 0 saturated carbocycles. The summed E-state index contributed by atoms with van der Waals surface area (Å²) in [6.45, 7) is 1.83. The van der Waals surface area contributed by atoms with Crippen LogP contribution < -0.4 is 10.1 Å². The van der Waals surface area contributed by atoms with E-state index in [1.807, 2.05) is 49.4 Å². The summed E-state index contributed by atoms with van der Waals surface area (Å²) in [5.74, 6) is 0.522. The van der Waals surface area contributed by atoms with Gasteiger partial charge in [0.15, 0.2) is 12.2 Å². The number of halogens is 1. The number of allylic oxidation sites excluding steroid dienone is 1. The first-order valence-electron chi connectivity index (χ1n) is 9.78. The van der Waals surface area contributed by atoms with Gasteiger partial charge in [-0.05, 0) is 76.5 Å². The van der Waals surface area contributed by atoms with Crippen molar-refractivity contribution in [1.29, 1.82) is 5.26 Å². The summed E-state index contributed by atoms with van der Waals surface area (Å²) >= 11 is 3.46. The molecule has 32 heavy (non-hydrogen) atoms. The Hall–Kier alpha value is -3.89. The van der Waals surface area contributed by atoms with E-state index in [0.29, 0.717) is 26.9 Å². The van der Waals surface area contributed by atoms with E-state index in [9.17, 15) is 10.1 Å². The standard InChI is InChI=1S/C25H18BrN3O3/c1-16-5-4-6-19(11-16)28-24(30)15-31-22-10-9-17(13-20(22)26)12-18(14-27)25-29-21-7-2-3-8-23(21)32-25/h2-13H,15H2,1H3,(H,28,30)/b18-12+. The largest absolute Gasteiger partial charge is 0.483 e. The minimum atomic E-state index is -0.255. The third-order valence-electron chi connectivity index (χ3n) is 4.57. The van der Waals surface area contributed by atoms with Crippen molar-refractivity contribution >= 4 is 50.3 Å². The molecule has 0 fully saturated rings. The molecule has 0 atom stereocenters.